The van der Waals surface area contributed by atoms with Gasteiger partial charge in [-0.15, -0.1) is 0 Å². The van der Waals surface area contributed by atoms with Crippen LogP contribution in [0.3, 0.4) is 0 Å². The van der Waals surface area contributed by atoms with E-state index in [1.807, 2.05) is 121 Å². The number of rotatable bonds is 9. The van der Waals surface area contributed by atoms with E-state index in [0.717, 1.165) is 83.2 Å². The molecule has 0 aliphatic heterocycles. The molecule has 0 unspecified atom stereocenters. The topological polar surface area (TPSA) is 34.1 Å². The van der Waals surface area contributed by atoms with Gasteiger partial charge < -0.3 is 9.13 Å². The van der Waals surface area contributed by atoms with Crippen LogP contribution in [0.4, 0.5) is 0 Å². The summed E-state index contributed by atoms with van der Waals surface area (Å²) in [4.78, 5) is 0. The molecule has 2 saturated carbocycles. The maximum Gasteiger partial charge on any atom is 0.167 e. The van der Waals surface area contributed by atoms with Gasteiger partial charge in [-0.1, -0.05) is 172 Å². The lowest BCUT2D eigenvalue weighted by Crippen LogP contribution is -2.23. The number of allylic oxidation sites excluding steroid dienone is 4. The fourth-order valence-electron chi connectivity index (χ4n) is 7.41. The van der Waals surface area contributed by atoms with E-state index >= 15 is 9.13 Å². The zero-order valence-electron chi connectivity index (χ0n) is 25.6. The molecule has 4 heteroatoms. The molecule has 0 radical (unpaired) electrons. The van der Waals surface area contributed by atoms with E-state index in [1.165, 1.54) is 12.8 Å². The molecule has 2 fully saturated rings. The van der Waals surface area contributed by atoms with Crippen LogP contribution < -0.4 is 21.2 Å². The second kappa shape index (κ2) is 14.3. The Kier molecular flexibility index (Phi) is 10.0. The minimum atomic E-state index is -3.17. The Morgan fingerprint density at radius 2 is 0.659 bits per heavy atom. The number of hydrogen-bond donors (Lipinski definition) is 0. The van der Waals surface area contributed by atoms with E-state index in [2.05, 4.69) is 12.2 Å². The van der Waals surface area contributed by atoms with Crippen LogP contribution >= 0.6 is 14.3 Å². The van der Waals surface area contributed by atoms with Gasteiger partial charge >= 0.3 is 0 Å². The van der Waals surface area contributed by atoms with E-state index in [0.29, 0.717) is 0 Å². The molecular formula is C40H44O2P2. The molecule has 0 bridgehead atoms. The third kappa shape index (κ3) is 6.31. The maximum absolute atomic E-state index is 15.8. The number of hydrogen-bond acceptors (Lipinski definition) is 2. The lowest BCUT2D eigenvalue weighted by atomic mass is 9.87. The molecule has 2 aliphatic rings. The molecule has 226 valence electrons. The van der Waals surface area contributed by atoms with E-state index < -0.39 is 14.3 Å². The molecule has 0 heterocycles. The van der Waals surface area contributed by atoms with Crippen molar-refractivity contribution in [3.63, 3.8) is 0 Å². The van der Waals surface area contributed by atoms with Crippen LogP contribution in [0, 0.1) is 11.8 Å². The van der Waals surface area contributed by atoms with Crippen LogP contribution in [0.5, 0.6) is 0 Å². The SMILES string of the molecule is O=P(/C(=C\C=C(/C1CCCCC1)P(=O)(c1ccccc1)c1ccccc1)C1CCCCC1)(c1ccccc1)c1ccccc1. The first-order chi connectivity index (χ1) is 21.6. The van der Waals surface area contributed by atoms with E-state index in [4.69, 9.17) is 0 Å². The highest BCUT2D eigenvalue weighted by molar-refractivity contribution is 7.83. The molecule has 0 aromatic heterocycles. The Morgan fingerprint density at radius 3 is 0.909 bits per heavy atom. The molecule has 44 heavy (non-hydrogen) atoms. The Bertz CT molecular complexity index is 1430. The van der Waals surface area contributed by atoms with Crippen molar-refractivity contribution in [3.05, 3.63) is 144 Å². The largest absolute Gasteiger partial charge is 0.309 e. The molecule has 2 aliphatic carbocycles. The first-order valence-corrected chi connectivity index (χ1v) is 19.9. The summed E-state index contributed by atoms with van der Waals surface area (Å²) in [7, 11) is -6.34. The van der Waals surface area contributed by atoms with E-state index in [-0.39, 0.29) is 11.8 Å². The van der Waals surface area contributed by atoms with Gasteiger partial charge in [-0.05, 0) is 37.5 Å². The minimum Gasteiger partial charge on any atom is -0.309 e. The van der Waals surface area contributed by atoms with Gasteiger partial charge in [0.1, 0.15) is 0 Å². The highest BCUT2D eigenvalue weighted by Crippen LogP contribution is 2.60. The predicted octanol–water partition coefficient (Wildman–Crippen LogP) is 9.94. The van der Waals surface area contributed by atoms with Gasteiger partial charge in [-0.3, -0.25) is 0 Å². The smallest absolute Gasteiger partial charge is 0.167 e. The zero-order chi connectivity index (χ0) is 30.2. The summed E-state index contributed by atoms with van der Waals surface area (Å²) in [6.07, 6.45) is 15.6. The van der Waals surface area contributed by atoms with Gasteiger partial charge in [0.2, 0.25) is 0 Å². The van der Waals surface area contributed by atoms with Crippen molar-refractivity contribution in [2.24, 2.45) is 11.8 Å². The molecule has 4 aromatic rings. The van der Waals surface area contributed by atoms with Gasteiger partial charge in [0.15, 0.2) is 14.3 Å². The summed E-state index contributed by atoms with van der Waals surface area (Å²) in [5, 5.41) is 5.57. The Morgan fingerprint density at radius 1 is 0.409 bits per heavy atom. The third-order valence-electron chi connectivity index (χ3n) is 9.68. The van der Waals surface area contributed by atoms with Gasteiger partial charge in [-0.2, -0.15) is 0 Å². The average Bonchev–Trinajstić information content (AvgIpc) is 3.12. The van der Waals surface area contributed by atoms with Gasteiger partial charge in [0.05, 0.1) is 0 Å². The van der Waals surface area contributed by atoms with Gasteiger partial charge in [-0.25, -0.2) is 0 Å². The lowest BCUT2D eigenvalue weighted by molar-refractivity contribution is 0.410. The van der Waals surface area contributed by atoms with Crippen LogP contribution in [-0.2, 0) is 9.13 Å². The average molecular weight is 619 g/mol. The molecular weight excluding hydrogens is 574 g/mol. The molecule has 0 spiro atoms. The van der Waals surface area contributed by atoms with E-state index in [1.54, 1.807) is 0 Å². The van der Waals surface area contributed by atoms with Crippen LogP contribution in [0.15, 0.2) is 144 Å². The van der Waals surface area contributed by atoms with Crippen molar-refractivity contribution >= 4 is 35.5 Å². The fourth-order valence-corrected chi connectivity index (χ4v) is 13.7. The van der Waals surface area contributed by atoms with Crippen molar-refractivity contribution in [3.8, 4) is 0 Å². The van der Waals surface area contributed by atoms with Gasteiger partial charge in [0.25, 0.3) is 0 Å². The standard InChI is InChI=1S/C40H44O2P2/c41-43(35-23-11-3-12-24-35,36-25-13-4-14-26-36)39(33-19-7-1-8-20-33)31-32-40(34-21-9-2-10-22-34)44(42,37-27-15-5-16-28-37)38-29-17-6-18-30-38/h3-6,11-18,23-34H,1-2,7-10,19-22H2/b39-31-,40-32+. The van der Waals surface area contributed by atoms with Crippen LogP contribution in [-0.4, -0.2) is 0 Å². The Balaban J connectivity index is 1.62. The Hall–Kier alpha value is -3.18. The third-order valence-corrected chi connectivity index (χ3v) is 16.3. The second-order valence-electron chi connectivity index (χ2n) is 12.4. The van der Waals surface area contributed by atoms with E-state index in [9.17, 15) is 0 Å². The summed E-state index contributed by atoms with van der Waals surface area (Å²) >= 11 is 0. The van der Waals surface area contributed by atoms with Crippen molar-refractivity contribution in [1.29, 1.82) is 0 Å². The summed E-state index contributed by atoms with van der Waals surface area (Å²) < 4.78 is 31.7. The highest BCUT2D eigenvalue weighted by Gasteiger charge is 2.39. The molecule has 6 rings (SSSR count). The second-order valence-corrected chi connectivity index (χ2v) is 17.9. The minimum absolute atomic E-state index is 0.228. The lowest BCUT2D eigenvalue weighted by Gasteiger charge is -2.33. The molecule has 0 amide bonds. The first kappa shape index (κ1) is 30.8. The molecule has 2 nitrogen and oxygen atoms in total. The van der Waals surface area contributed by atoms with Crippen LogP contribution in [0.25, 0.3) is 0 Å². The summed E-state index contributed by atoms with van der Waals surface area (Å²) in [5.74, 6) is 0.457. The van der Waals surface area contributed by atoms with Crippen molar-refractivity contribution in [2.75, 3.05) is 0 Å². The molecule has 4 aromatic carbocycles. The van der Waals surface area contributed by atoms with Crippen LogP contribution in [0.1, 0.15) is 64.2 Å². The molecule has 0 atom stereocenters. The first-order valence-electron chi connectivity index (χ1n) is 16.5. The zero-order valence-corrected chi connectivity index (χ0v) is 27.4. The van der Waals surface area contributed by atoms with Crippen molar-refractivity contribution < 1.29 is 9.13 Å². The highest BCUT2D eigenvalue weighted by atomic mass is 31.2. The summed E-state index contributed by atoms with van der Waals surface area (Å²) in [6.45, 7) is 0. The normalized spacial score (nSPS) is 17.8. The summed E-state index contributed by atoms with van der Waals surface area (Å²) in [6, 6.07) is 40.3. The number of benzene rings is 4. The summed E-state index contributed by atoms with van der Waals surface area (Å²) in [5.41, 5.74) is 0. The molecule has 0 N–H and O–H groups in total. The fraction of sp³-hybridized carbons (Fsp3) is 0.300. The Labute approximate surface area is 264 Å². The van der Waals surface area contributed by atoms with Crippen molar-refractivity contribution in [1.82, 2.24) is 0 Å². The molecule has 0 saturated heterocycles. The van der Waals surface area contributed by atoms with Crippen molar-refractivity contribution in [2.45, 2.75) is 64.2 Å². The monoisotopic (exact) mass is 618 g/mol. The van der Waals surface area contributed by atoms with Gasteiger partial charge in [0, 0.05) is 31.8 Å². The predicted molar refractivity (Wildman–Crippen MR) is 189 cm³/mol. The van der Waals surface area contributed by atoms with Crippen LogP contribution in [0.2, 0.25) is 0 Å². The quantitative estimate of drug-likeness (QED) is 0.138. The maximum atomic E-state index is 15.8.